The summed E-state index contributed by atoms with van der Waals surface area (Å²) in [6, 6.07) is 9.81. The third-order valence-electron chi connectivity index (χ3n) is 2.67. The van der Waals surface area contributed by atoms with Gasteiger partial charge in [0.25, 0.3) is 0 Å². The summed E-state index contributed by atoms with van der Waals surface area (Å²) in [6.07, 6.45) is -4.19. The fraction of sp³-hybridized carbons (Fsp3) is 0.500. The third-order valence-corrected chi connectivity index (χ3v) is 2.67. The van der Waals surface area contributed by atoms with Crippen molar-refractivity contribution >= 4 is 35.6 Å². The first-order chi connectivity index (χ1) is 10.0. The van der Waals surface area contributed by atoms with Crippen LogP contribution in [0.3, 0.4) is 0 Å². The maximum absolute atomic E-state index is 12.0. The lowest BCUT2D eigenvalue weighted by atomic mass is 10.3. The zero-order chi connectivity index (χ0) is 15.6. The maximum Gasteiger partial charge on any atom is 0.390 e. The largest absolute Gasteiger partial charge is 0.390 e. The van der Waals surface area contributed by atoms with Gasteiger partial charge in [-0.25, -0.2) is 0 Å². The van der Waals surface area contributed by atoms with Crippen LogP contribution in [0.25, 0.3) is 0 Å². The standard InChI is InChI=1S/C14H21F3N4.HI/c1-18-13(21-11-8-14(15,16)17)20-10-5-9-19-12-6-3-2-4-7-12;/h2-4,6-7,19H,5,8-11H2,1H3,(H2,18,20,21);1H. The van der Waals surface area contributed by atoms with Gasteiger partial charge in [-0.15, -0.1) is 24.0 Å². The zero-order valence-corrected chi connectivity index (χ0v) is 14.7. The second kappa shape index (κ2) is 11.4. The van der Waals surface area contributed by atoms with Crippen LogP contribution in [0.2, 0.25) is 0 Å². The smallest absolute Gasteiger partial charge is 0.385 e. The van der Waals surface area contributed by atoms with Gasteiger partial charge in [0.15, 0.2) is 5.96 Å². The Balaban J connectivity index is 0.00000441. The van der Waals surface area contributed by atoms with Crippen LogP contribution in [-0.4, -0.2) is 38.8 Å². The molecular formula is C14H22F3IN4. The molecule has 0 bridgehead atoms. The summed E-state index contributed by atoms with van der Waals surface area (Å²) < 4.78 is 36.0. The molecule has 3 N–H and O–H groups in total. The topological polar surface area (TPSA) is 48.5 Å². The molecule has 0 fully saturated rings. The van der Waals surface area contributed by atoms with Crippen molar-refractivity contribution in [3.63, 3.8) is 0 Å². The molecule has 8 heteroatoms. The van der Waals surface area contributed by atoms with E-state index in [9.17, 15) is 13.2 Å². The Morgan fingerprint density at radius 3 is 2.27 bits per heavy atom. The molecule has 126 valence electrons. The van der Waals surface area contributed by atoms with Crippen LogP contribution in [0.5, 0.6) is 0 Å². The first-order valence-corrected chi connectivity index (χ1v) is 6.81. The molecule has 0 saturated heterocycles. The molecule has 22 heavy (non-hydrogen) atoms. The van der Waals surface area contributed by atoms with Crippen molar-refractivity contribution in [3.05, 3.63) is 30.3 Å². The van der Waals surface area contributed by atoms with E-state index in [-0.39, 0.29) is 30.5 Å². The summed E-state index contributed by atoms with van der Waals surface area (Å²) in [5.41, 5.74) is 1.05. The molecule has 1 aromatic rings. The number of anilines is 1. The predicted molar refractivity (Wildman–Crippen MR) is 95.0 cm³/mol. The Kier molecular flexibility index (Phi) is 10.8. The number of nitrogens with one attached hydrogen (secondary N) is 3. The first-order valence-electron chi connectivity index (χ1n) is 6.81. The monoisotopic (exact) mass is 430 g/mol. The van der Waals surface area contributed by atoms with Gasteiger partial charge in [0, 0.05) is 32.4 Å². The lowest BCUT2D eigenvalue weighted by Gasteiger charge is -2.13. The van der Waals surface area contributed by atoms with Crippen LogP contribution in [0.4, 0.5) is 18.9 Å². The summed E-state index contributed by atoms with van der Waals surface area (Å²) in [6.45, 7) is 1.23. The quantitative estimate of drug-likeness (QED) is 0.270. The molecule has 0 aliphatic rings. The lowest BCUT2D eigenvalue weighted by Crippen LogP contribution is -2.39. The van der Waals surface area contributed by atoms with Crippen molar-refractivity contribution in [1.82, 2.24) is 10.6 Å². The number of para-hydroxylation sites is 1. The average Bonchev–Trinajstić information content (AvgIpc) is 2.45. The highest BCUT2D eigenvalue weighted by molar-refractivity contribution is 14.0. The van der Waals surface area contributed by atoms with Crippen LogP contribution in [0.1, 0.15) is 12.8 Å². The molecule has 0 aliphatic heterocycles. The first kappa shape index (κ1) is 20.8. The van der Waals surface area contributed by atoms with Crippen LogP contribution >= 0.6 is 24.0 Å². The molecule has 0 radical (unpaired) electrons. The fourth-order valence-corrected chi connectivity index (χ4v) is 1.63. The van der Waals surface area contributed by atoms with E-state index in [0.717, 1.165) is 18.7 Å². The molecule has 1 rings (SSSR count). The second-order valence-corrected chi connectivity index (χ2v) is 4.44. The van der Waals surface area contributed by atoms with E-state index in [4.69, 9.17) is 0 Å². The molecule has 0 heterocycles. The van der Waals surface area contributed by atoms with Crippen LogP contribution < -0.4 is 16.0 Å². The second-order valence-electron chi connectivity index (χ2n) is 4.44. The van der Waals surface area contributed by atoms with Crippen molar-refractivity contribution in [2.75, 3.05) is 32.0 Å². The van der Waals surface area contributed by atoms with Gasteiger partial charge in [0.2, 0.25) is 0 Å². The van der Waals surface area contributed by atoms with E-state index in [1.807, 2.05) is 30.3 Å². The summed E-state index contributed by atoms with van der Waals surface area (Å²) in [5, 5.41) is 8.86. The van der Waals surface area contributed by atoms with E-state index in [1.165, 1.54) is 7.05 Å². The van der Waals surface area contributed by atoms with E-state index in [1.54, 1.807) is 0 Å². The SMILES string of the molecule is CN=C(NCCCNc1ccccc1)NCCC(F)(F)F.I. The number of hydrogen-bond donors (Lipinski definition) is 3. The Hall–Kier alpha value is -1.19. The van der Waals surface area contributed by atoms with Crippen molar-refractivity contribution < 1.29 is 13.2 Å². The van der Waals surface area contributed by atoms with Gasteiger partial charge < -0.3 is 16.0 Å². The fourth-order valence-electron chi connectivity index (χ4n) is 1.63. The molecule has 1 aromatic carbocycles. The van der Waals surface area contributed by atoms with E-state index in [0.29, 0.717) is 12.5 Å². The average molecular weight is 430 g/mol. The number of hydrogen-bond acceptors (Lipinski definition) is 2. The molecule has 0 spiro atoms. The van der Waals surface area contributed by atoms with Crippen LogP contribution in [-0.2, 0) is 0 Å². The highest BCUT2D eigenvalue weighted by Crippen LogP contribution is 2.17. The third kappa shape index (κ3) is 10.5. The number of rotatable bonds is 7. The van der Waals surface area contributed by atoms with Crippen molar-refractivity contribution in [2.45, 2.75) is 19.0 Å². The molecular weight excluding hydrogens is 408 g/mol. The molecule has 4 nitrogen and oxygen atoms in total. The molecule has 0 aliphatic carbocycles. The van der Waals surface area contributed by atoms with Gasteiger partial charge in [0.05, 0.1) is 6.42 Å². The minimum atomic E-state index is -4.15. The van der Waals surface area contributed by atoms with Gasteiger partial charge in [-0.3, -0.25) is 4.99 Å². The Labute approximate surface area is 146 Å². The van der Waals surface area contributed by atoms with Crippen LogP contribution in [0, 0.1) is 0 Å². The van der Waals surface area contributed by atoms with Crippen molar-refractivity contribution in [3.8, 4) is 0 Å². The number of alkyl halides is 3. The Morgan fingerprint density at radius 2 is 1.68 bits per heavy atom. The highest BCUT2D eigenvalue weighted by atomic mass is 127. The lowest BCUT2D eigenvalue weighted by molar-refractivity contribution is -0.132. The van der Waals surface area contributed by atoms with E-state index in [2.05, 4.69) is 20.9 Å². The number of guanidine groups is 1. The van der Waals surface area contributed by atoms with Gasteiger partial charge in [-0.05, 0) is 18.6 Å². The number of halogens is 4. The molecule has 0 atom stereocenters. The van der Waals surface area contributed by atoms with Gasteiger partial charge in [0.1, 0.15) is 0 Å². The summed E-state index contributed by atoms with van der Waals surface area (Å²) in [4.78, 5) is 3.87. The van der Waals surface area contributed by atoms with Gasteiger partial charge in [-0.1, -0.05) is 18.2 Å². The van der Waals surface area contributed by atoms with Crippen molar-refractivity contribution in [2.24, 2.45) is 4.99 Å². The van der Waals surface area contributed by atoms with Gasteiger partial charge in [-0.2, -0.15) is 13.2 Å². The summed E-state index contributed by atoms with van der Waals surface area (Å²) >= 11 is 0. The maximum atomic E-state index is 12.0. The van der Waals surface area contributed by atoms with E-state index >= 15 is 0 Å². The minimum Gasteiger partial charge on any atom is -0.385 e. The highest BCUT2D eigenvalue weighted by Gasteiger charge is 2.26. The molecule has 0 saturated carbocycles. The normalized spacial score (nSPS) is 11.5. The van der Waals surface area contributed by atoms with Crippen LogP contribution in [0.15, 0.2) is 35.3 Å². The summed E-state index contributed by atoms with van der Waals surface area (Å²) in [7, 11) is 1.53. The Morgan fingerprint density at radius 1 is 1.05 bits per heavy atom. The molecule has 0 aromatic heterocycles. The summed E-state index contributed by atoms with van der Waals surface area (Å²) in [5.74, 6) is 0.388. The molecule has 0 unspecified atom stereocenters. The number of nitrogens with zero attached hydrogens (tertiary/aromatic N) is 1. The number of benzene rings is 1. The predicted octanol–water partition coefficient (Wildman–Crippen LogP) is 3.22. The van der Waals surface area contributed by atoms with E-state index < -0.39 is 12.6 Å². The zero-order valence-electron chi connectivity index (χ0n) is 12.4. The van der Waals surface area contributed by atoms with Gasteiger partial charge >= 0.3 is 6.18 Å². The van der Waals surface area contributed by atoms with Crippen molar-refractivity contribution in [1.29, 1.82) is 0 Å². The number of aliphatic imine (C=N–C) groups is 1. The minimum absolute atomic E-state index is 0. The molecule has 0 amide bonds. The Bertz CT molecular complexity index is 424.